The number of nitrogen functional groups attached to an aromatic ring is 1. The molecule has 6 heteroatoms. The number of primary amides is 1. The number of nitrogens with two attached hydrogens (primary N) is 2. The maximum Gasteiger partial charge on any atom is 0.273 e. The fourth-order valence-corrected chi connectivity index (χ4v) is 1.53. The molecule has 0 spiro atoms. The minimum Gasteiger partial charge on any atom is -0.382 e. The van der Waals surface area contributed by atoms with Gasteiger partial charge in [0.15, 0.2) is 11.5 Å². The molecule has 16 heavy (non-hydrogen) atoms. The van der Waals surface area contributed by atoms with E-state index in [0.717, 1.165) is 12.8 Å². The van der Waals surface area contributed by atoms with Crippen molar-refractivity contribution < 1.29 is 4.79 Å². The number of hydrogen-bond donors (Lipinski definition) is 2. The van der Waals surface area contributed by atoms with Crippen LogP contribution in [0.25, 0.3) is 0 Å². The zero-order chi connectivity index (χ0) is 12.0. The van der Waals surface area contributed by atoms with E-state index < -0.39 is 5.91 Å². The number of aromatic nitrogens is 3. The van der Waals surface area contributed by atoms with Crippen molar-refractivity contribution in [3.05, 3.63) is 5.69 Å². The van der Waals surface area contributed by atoms with Crippen LogP contribution in [0, 0.1) is 0 Å². The standard InChI is InChI=1S/C10H19N5O/c1-2-3-4-5-6-7-15-9(11)8(10(12)16)13-14-15/h2-7,11H2,1H3,(H2,12,16). The molecular formula is C10H19N5O. The highest BCUT2D eigenvalue weighted by molar-refractivity contribution is 5.94. The Labute approximate surface area is 95.0 Å². The average Bonchev–Trinajstić information content (AvgIpc) is 2.60. The Balaban J connectivity index is 2.40. The fraction of sp³-hybridized carbons (Fsp3) is 0.700. The third-order valence-electron chi connectivity index (χ3n) is 2.48. The van der Waals surface area contributed by atoms with E-state index in [-0.39, 0.29) is 11.5 Å². The van der Waals surface area contributed by atoms with Gasteiger partial charge in [-0.2, -0.15) is 0 Å². The largest absolute Gasteiger partial charge is 0.382 e. The maximum atomic E-state index is 10.9. The summed E-state index contributed by atoms with van der Waals surface area (Å²) in [7, 11) is 0. The van der Waals surface area contributed by atoms with Gasteiger partial charge in [0.2, 0.25) is 0 Å². The Bertz CT molecular complexity index is 347. The Hall–Kier alpha value is -1.59. The first kappa shape index (κ1) is 12.5. The molecule has 0 radical (unpaired) electrons. The lowest BCUT2D eigenvalue weighted by Gasteiger charge is -2.02. The number of nitrogens with zero attached hydrogens (tertiary/aromatic N) is 3. The van der Waals surface area contributed by atoms with Crippen LogP contribution in [0.4, 0.5) is 5.82 Å². The zero-order valence-corrected chi connectivity index (χ0v) is 9.65. The van der Waals surface area contributed by atoms with Crippen LogP contribution >= 0.6 is 0 Å². The molecule has 0 atom stereocenters. The van der Waals surface area contributed by atoms with E-state index >= 15 is 0 Å². The molecule has 0 saturated carbocycles. The van der Waals surface area contributed by atoms with Gasteiger partial charge in [0.25, 0.3) is 5.91 Å². The Kier molecular flexibility index (Phi) is 4.75. The van der Waals surface area contributed by atoms with Crippen LogP contribution in [0.1, 0.15) is 49.5 Å². The molecule has 0 aliphatic rings. The minimum absolute atomic E-state index is 0.0635. The number of rotatable bonds is 7. The van der Waals surface area contributed by atoms with Crippen molar-refractivity contribution in [1.82, 2.24) is 15.0 Å². The van der Waals surface area contributed by atoms with Crippen molar-refractivity contribution >= 4 is 11.7 Å². The lowest BCUT2D eigenvalue weighted by Crippen LogP contribution is -2.14. The van der Waals surface area contributed by atoms with Gasteiger partial charge in [0.05, 0.1) is 0 Å². The van der Waals surface area contributed by atoms with E-state index in [9.17, 15) is 4.79 Å². The van der Waals surface area contributed by atoms with E-state index in [1.807, 2.05) is 0 Å². The predicted molar refractivity (Wildman–Crippen MR) is 61.7 cm³/mol. The third-order valence-corrected chi connectivity index (χ3v) is 2.48. The highest BCUT2D eigenvalue weighted by Crippen LogP contribution is 2.09. The van der Waals surface area contributed by atoms with Gasteiger partial charge >= 0.3 is 0 Å². The fourth-order valence-electron chi connectivity index (χ4n) is 1.53. The summed E-state index contributed by atoms with van der Waals surface area (Å²) in [6.07, 6.45) is 5.81. The Morgan fingerprint density at radius 3 is 2.56 bits per heavy atom. The van der Waals surface area contributed by atoms with Gasteiger partial charge in [0.1, 0.15) is 0 Å². The number of unbranched alkanes of at least 4 members (excludes halogenated alkanes) is 4. The van der Waals surface area contributed by atoms with Crippen molar-refractivity contribution in [2.75, 3.05) is 5.73 Å². The van der Waals surface area contributed by atoms with Crippen LogP contribution in [-0.2, 0) is 6.54 Å². The molecule has 0 saturated heterocycles. The van der Waals surface area contributed by atoms with Crippen molar-refractivity contribution in [3.8, 4) is 0 Å². The summed E-state index contributed by atoms with van der Waals surface area (Å²) in [6.45, 7) is 2.87. The molecule has 0 bridgehead atoms. The van der Waals surface area contributed by atoms with Gasteiger partial charge in [-0.3, -0.25) is 4.79 Å². The SMILES string of the molecule is CCCCCCCn1nnc(C(N)=O)c1N. The Morgan fingerprint density at radius 1 is 1.31 bits per heavy atom. The molecule has 0 aliphatic carbocycles. The zero-order valence-electron chi connectivity index (χ0n) is 9.65. The highest BCUT2D eigenvalue weighted by atomic mass is 16.1. The summed E-state index contributed by atoms with van der Waals surface area (Å²) in [5, 5.41) is 7.44. The average molecular weight is 225 g/mol. The molecular weight excluding hydrogens is 206 g/mol. The van der Waals surface area contributed by atoms with Gasteiger partial charge in [-0.25, -0.2) is 4.68 Å². The van der Waals surface area contributed by atoms with Crippen molar-refractivity contribution in [2.45, 2.75) is 45.6 Å². The smallest absolute Gasteiger partial charge is 0.273 e. The normalized spacial score (nSPS) is 10.6. The van der Waals surface area contributed by atoms with E-state index in [1.165, 1.54) is 23.9 Å². The summed E-state index contributed by atoms with van der Waals surface area (Å²) in [6, 6.07) is 0. The Morgan fingerprint density at radius 2 is 2.00 bits per heavy atom. The molecule has 90 valence electrons. The number of anilines is 1. The monoisotopic (exact) mass is 225 g/mol. The molecule has 1 heterocycles. The topological polar surface area (TPSA) is 99.8 Å². The number of amides is 1. The van der Waals surface area contributed by atoms with E-state index in [2.05, 4.69) is 17.2 Å². The highest BCUT2D eigenvalue weighted by Gasteiger charge is 2.13. The summed E-state index contributed by atoms with van der Waals surface area (Å²) >= 11 is 0. The second kappa shape index (κ2) is 6.09. The molecule has 1 amide bonds. The molecule has 4 N–H and O–H groups in total. The summed E-state index contributed by atoms with van der Waals surface area (Å²) in [5.41, 5.74) is 10.8. The molecule has 0 aromatic carbocycles. The molecule has 0 unspecified atom stereocenters. The van der Waals surface area contributed by atoms with Crippen molar-refractivity contribution in [3.63, 3.8) is 0 Å². The minimum atomic E-state index is -0.630. The van der Waals surface area contributed by atoms with Gasteiger partial charge in [0, 0.05) is 6.54 Å². The summed E-state index contributed by atoms with van der Waals surface area (Å²) in [5.74, 6) is -0.363. The summed E-state index contributed by atoms with van der Waals surface area (Å²) in [4.78, 5) is 10.9. The lowest BCUT2D eigenvalue weighted by atomic mass is 10.1. The maximum absolute atomic E-state index is 10.9. The van der Waals surface area contributed by atoms with Crippen LogP contribution in [0.15, 0.2) is 0 Å². The van der Waals surface area contributed by atoms with Gasteiger partial charge in [-0.1, -0.05) is 37.8 Å². The number of aryl methyl sites for hydroxylation is 1. The van der Waals surface area contributed by atoms with Crippen molar-refractivity contribution in [2.24, 2.45) is 5.73 Å². The van der Waals surface area contributed by atoms with Crippen LogP contribution in [0.3, 0.4) is 0 Å². The molecule has 1 aromatic heterocycles. The van der Waals surface area contributed by atoms with Crippen LogP contribution in [0.5, 0.6) is 0 Å². The molecule has 6 nitrogen and oxygen atoms in total. The molecule has 0 aliphatic heterocycles. The van der Waals surface area contributed by atoms with Crippen LogP contribution in [0.2, 0.25) is 0 Å². The van der Waals surface area contributed by atoms with Gasteiger partial charge in [-0.15, -0.1) is 5.10 Å². The first-order valence-electron chi connectivity index (χ1n) is 5.65. The lowest BCUT2D eigenvalue weighted by molar-refractivity contribution is 0.0996. The first-order valence-corrected chi connectivity index (χ1v) is 5.65. The number of hydrogen-bond acceptors (Lipinski definition) is 4. The predicted octanol–water partition coefficient (Wildman–Crippen LogP) is 0.930. The molecule has 1 rings (SSSR count). The van der Waals surface area contributed by atoms with Crippen LogP contribution in [-0.4, -0.2) is 20.9 Å². The van der Waals surface area contributed by atoms with Gasteiger partial charge < -0.3 is 11.5 Å². The van der Waals surface area contributed by atoms with E-state index in [4.69, 9.17) is 11.5 Å². The third kappa shape index (κ3) is 3.22. The quantitative estimate of drug-likeness (QED) is 0.674. The second-order valence-electron chi connectivity index (χ2n) is 3.82. The summed E-state index contributed by atoms with van der Waals surface area (Å²) < 4.78 is 1.53. The van der Waals surface area contributed by atoms with E-state index in [0.29, 0.717) is 6.54 Å². The second-order valence-corrected chi connectivity index (χ2v) is 3.82. The first-order chi connectivity index (χ1) is 7.66. The van der Waals surface area contributed by atoms with Gasteiger partial charge in [-0.05, 0) is 6.42 Å². The van der Waals surface area contributed by atoms with E-state index in [1.54, 1.807) is 0 Å². The number of carbonyl (C=O) groups excluding carboxylic acids is 1. The molecule has 0 fully saturated rings. The number of carbonyl (C=O) groups is 1. The van der Waals surface area contributed by atoms with Crippen LogP contribution < -0.4 is 11.5 Å². The molecule has 1 aromatic rings. The van der Waals surface area contributed by atoms with Crippen molar-refractivity contribution in [1.29, 1.82) is 0 Å².